The minimum Gasteiger partial charge on any atom is -0.375 e. The molecule has 2 rings (SSSR count). The molecule has 1 fully saturated rings. The Morgan fingerprint density at radius 2 is 2.36 bits per heavy atom. The molecule has 1 aromatic rings. The van der Waals surface area contributed by atoms with Crippen LogP contribution in [0.1, 0.15) is 24.5 Å². The van der Waals surface area contributed by atoms with Crippen LogP contribution < -0.4 is 10.6 Å². The first-order valence-electron chi connectivity index (χ1n) is 7.57. The Hall–Kier alpha value is -0.910. The van der Waals surface area contributed by atoms with Gasteiger partial charge in [-0.15, -0.1) is 0 Å². The Balaban J connectivity index is 1.82. The van der Waals surface area contributed by atoms with Gasteiger partial charge in [0.05, 0.1) is 6.10 Å². The van der Waals surface area contributed by atoms with Crippen LogP contribution in [0, 0.1) is 0 Å². The van der Waals surface area contributed by atoms with E-state index in [9.17, 15) is 0 Å². The Bertz CT molecular complexity index is 492. The molecule has 0 aliphatic carbocycles. The van der Waals surface area contributed by atoms with Crippen molar-refractivity contribution in [2.75, 3.05) is 33.0 Å². The van der Waals surface area contributed by atoms with Crippen molar-refractivity contribution in [3.63, 3.8) is 0 Å². The molecule has 0 spiro atoms. The van der Waals surface area contributed by atoms with Gasteiger partial charge in [-0.2, -0.15) is 11.8 Å². The van der Waals surface area contributed by atoms with Crippen molar-refractivity contribution in [3.8, 4) is 0 Å². The van der Waals surface area contributed by atoms with Gasteiger partial charge in [0, 0.05) is 37.5 Å². The van der Waals surface area contributed by atoms with Crippen LogP contribution >= 0.6 is 23.4 Å². The third-order valence-corrected chi connectivity index (χ3v) is 5.34. The summed E-state index contributed by atoms with van der Waals surface area (Å²) in [4.78, 5) is 4.27. The maximum absolute atomic E-state index is 6.04. The molecule has 22 heavy (non-hydrogen) atoms. The van der Waals surface area contributed by atoms with Crippen LogP contribution in [0.5, 0.6) is 0 Å². The zero-order chi connectivity index (χ0) is 15.8. The molecule has 0 amide bonds. The number of guanidine groups is 1. The van der Waals surface area contributed by atoms with Gasteiger partial charge in [-0.3, -0.25) is 4.99 Å². The molecular weight excluding hydrogens is 318 g/mol. The van der Waals surface area contributed by atoms with Gasteiger partial charge in [-0.25, -0.2) is 0 Å². The number of ether oxygens (including phenoxy) is 1. The highest BCUT2D eigenvalue weighted by molar-refractivity contribution is 8.00. The van der Waals surface area contributed by atoms with Crippen molar-refractivity contribution in [1.82, 2.24) is 10.6 Å². The monoisotopic (exact) mass is 341 g/mol. The summed E-state index contributed by atoms with van der Waals surface area (Å²) < 4.78 is 5.56. The van der Waals surface area contributed by atoms with Gasteiger partial charge >= 0.3 is 0 Å². The molecule has 2 atom stereocenters. The summed E-state index contributed by atoms with van der Waals surface area (Å²) in [6, 6.07) is 7.76. The fourth-order valence-corrected chi connectivity index (χ4v) is 3.87. The van der Waals surface area contributed by atoms with E-state index in [1.807, 2.05) is 36.0 Å². The Kier molecular flexibility index (Phi) is 7.36. The summed E-state index contributed by atoms with van der Waals surface area (Å²) in [5.74, 6) is 2.09. The molecule has 0 radical (unpaired) electrons. The Morgan fingerprint density at radius 1 is 1.50 bits per heavy atom. The van der Waals surface area contributed by atoms with Gasteiger partial charge in [0.1, 0.15) is 0 Å². The topological polar surface area (TPSA) is 45.7 Å². The van der Waals surface area contributed by atoms with Crippen LogP contribution in [0.3, 0.4) is 0 Å². The van der Waals surface area contributed by atoms with Crippen molar-refractivity contribution in [3.05, 3.63) is 34.9 Å². The number of thioether (sulfide) groups is 1. The summed E-state index contributed by atoms with van der Waals surface area (Å²) in [6.07, 6.45) is 2.56. The lowest BCUT2D eigenvalue weighted by molar-refractivity contribution is 0.106. The predicted octanol–water partition coefficient (Wildman–Crippen LogP) is 3.09. The van der Waals surface area contributed by atoms with Gasteiger partial charge in [0.15, 0.2) is 5.96 Å². The molecule has 4 nitrogen and oxygen atoms in total. The van der Waals surface area contributed by atoms with Gasteiger partial charge in [-0.1, -0.05) is 23.7 Å². The highest BCUT2D eigenvalue weighted by Gasteiger charge is 2.16. The lowest BCUT2D eigenvalue weighted by atomic mass is 10.1. The van der Waals surface area contributed by atoms with Crippen LogP contribution in [-0.4, -0.2) is 44.2 Å². The van der Waals surface area contributed by atoms with E-state index in [2.05, 4.69) is 15.6 Å². The van der Waals surface area contributed by atoms with E-state index in [-0.39, 0.29) is 6.10 Å². The Labute approximate surface area is 142 Å². The normalized spacial score (nSPS) is 20.0. The third-order valence-electron chi connectivity index (χ3n) is 3.70. The van der Waals surface area contributed by atoms with E-state index in [1.54, 1.807) is 14.2 Å². The average Bonchev–Trinajstić information content (AvgIpc) is 3.04. The predicted molar refractivity (Wildman–Crippen MR) is 96.0 cm³/mol. The highest BCUT2D eigenvalue weighted by atomic mass is 35.5. The van der Waals surface area contributed by atoms with Gasteiger partial charge in [-0.05, 0) is 36.3 Å². The molecule has 0 bridgehead atoms. The molecule has 2 N–H and O–H groups in total. The number of rotatable bonds is 6. The molecule has 0 saturated carbocycles. The van der Waals surface area contributed by atoms with Gasteiger partial charge in [0.2, 0.25) is 0 Å². The number of methoxy groups -OCH3 is 1. The molecule has 1 aromatic carbocycles. The van der Waals surface area contributed by atoms with Crippen LogP contribution in [0.25, 0.3) is 0 Å². The number of benzene rings is 1. The standard InChI is InChI=1S/C16H24ClN3OS/c1-18-16(19-10-14-7-4-8-22-14)20-11-15(21-2)12-5-3-6-13(17)9-12/h3,5-6,9,14-15H,4,7-8,10-11H2,1-2H3,(H2,18,19,20). The number of nitrogens with zero attached hydrogens (tertiary/aromatic N) is 1. The lowest BCUT2D eigenvalue weighted by Crippen LogP contribution is -2.42. The highest BCUT2D eigenvalue weighted by Crippen LogP contribution is 2.25. The van der Waals surface area contributed by atoms with Crippen molar-refractivity contribution >= 4 is 29.3 Å². The number of hydrogen-bond acceptors (Lipinski definition) is 3. The molecular formula is C16H24ClN3OS. The van der Waals surface area contributed by atoms with Gasteiger partial charge in [0.25, 0.3) is 0 Å². The third kappa shape index (κ3) is 5.38. The summed E-state index contributed by atoms with van der Waals surface area (Å²) >= 11 is 8.08. The SMILES string of the molecule is CN=C(NCC1CCCS1)NCC(OC)c1cccc(Cl)c1. The number of aliphatic imine (C=N–C) groups is 1. The minimum absolute atomic E-state index is 0.0573. The Morgan fingerprint density at radius 3 is 3.00 bits per heavy atom. The molecule has 6 heteroatoms. The van der Waals surface area contributed by atoms with Crippen LogP contribution in [-0.2, 0) is 4.74 Å². The summed E-state index contributed by atoms with van der Waals surface area (Å²) in [7, 11) is 3.50. The maximum Gasteiger partial charge on any atom is 0.191 e. The first kappa shape index (κ1) is 17.4. The lowest BCUT2D eigenvalue weighted by Gasteiger charge is -2.20. The first-order chi connectivity index (χ1) is 10.7. The average molecular weight is 342 g/mol. The number of hydrogen-bond donors (Lipinski definition) is 2. The number of halogens is 1. The number of nitrogens with one attached hydrogen (secondary N) is 2. The van der Waals surface area contributed by atoms with Gasteiger partial charge < -0.3 is 15.4 Å². The molecule has 1 heterocycles. The first-order valence-corrected chi connectivity index (χ1v) is 9.00. The summed E-state index contributed by atoms with van der Waals surface area (Å²) in [5.41, 5.74) is 1.06. The molecule has 0 aromatic heterocycles. The summed E-state index contributed by atoms with van der Waals surface area (Å²) in [6.45, 7) is 1.60. The summed E-state index contributed by atoms with van der Waals surface area (Å²) in [5, 5.41) is 8.14. The zero-order valence-electron chi connectivity index (χ0n) is 13.1. The molecule has 2 unspecified atom stereocenters. The molecule has 1 aliphatic heterocycles. The van der Waals surface area contributed by atoms with Crippen molar-refractivity contribution in [2.45, 2.75) is 24.2 Å². The molecule has 122 valence electrons. The quantitative estimate of drug-likeness (QED) is 0.616. The van der Waals surface area contributed by atoms with E-state index >= 15 is 0 Å². The second kappa shape index (κ2) is 9.28. The van der Waals surface area contributed by atoms with Crippen LogP contribution in [0.4, 0.5) is 0 Å². The fourth-order valence-electron chi connectivity index (χ4n) is 2.47. The van der Waals surface area contributed by atoms with E-state index in [0.29, 0.717) is 11.8 Å². The smallest absolute Gasteiger partial charge is 0.191 e. The van der Waals surface area contributed by atoms with E-state index < -0.39 is 0 Å². The van der Waals surface area contributed by atoms with Crippen LogP contribution in [0.15, 0.2) is 29.3 Å². The second-order valence-electron chi connectivity index (χ2n) is 5.25. The van der Waals surface area contributed by atoms with E-state index in [4.69, 9.17) is 16.3 Å². The molecule has 1 saturated heterocycles. The minimum atomic E-state index is -0.0573. The van der Waals surface area contributed by atoms with Crippen molar-refractivity contribution in [2.24, 2.45) is 4.99 Å². The maximum atomic E-state index is 6.04. The van der Waals surface area contributed by atoms with Crippen molar-refractivity contribution < 1.29 is 4.74 Å². The van der Waals surface area contributed by atoms with Crippen LogP contribution in [0.2, 0.25) is 5.02 Å². The van der Waals surface area contributed by atoms with E-state index in [1.165, 1.54) is 18.6 Å². The van der Waals surface area contributed by atoms with E-state index in [0.717, 1.165) is 23.1 Å². The largest absolute Gasteiger partial charge is 0.375 e. The second-order valence-corrected chi connectivity index (χ2v) is 7.09. The molecule has 1 aliphatic rings. The zero-order valence-corrected chi connectivity index (χ0v) is 14.7. The fraction of sp³-hybridized carbons (Fsp3) is 0.562. The van der Waals surface area contributed by atoms with Crippen molar-refractivity contribution in [1.29, 1.82) is 0 Å².